The van der Waals surface area contributed by atoms with Gasteiger partial charge >= 0.3 is 5.97 Å². The number of hydrogen-bond acceptors (Lipinski definition) is 4. The van der Waals surface area contributed by atoms with Gasteiger partial charge in [-0.05, 0) is 17.9 Å². The van der Waals surface area contributed by atoms with Crippen molar-refractivity contribution in [2.75, 3.05) is 26.3 Å². The predicted molar refractivity (Wildman–Crippen MR) is 69.2 cm³/mol. The highest BCUT2D eigenvalue weighted by Gasteiger charge is 2.54. The van der Waals surface area contributed by atoms with Gasteiger partial charge in [0.1, 0.15) is 0 Å². The first-order valence-corrected chi connectivity index (χ1v) is 7.20. The minimum Gasteiger partial charge on any atom is -0.481 e. The van der Waals surface area contributed by atoms with Gasteiger partial charge in [-0.15, -0.1) is 0 Å². The Morgan fingerprint density at radius 2 is 2.37 bits per heavy atom. The summed E-state index contributed by atoms with van der Waals surface area (Å²) in [6.07, 6.45) is 0.487. The summed E-state index contributed by atoms with van der Waals surface area (Å²) in [5, 5.41) is 13.2. The summed E-state index contributed by atoms with van der Waals surface area (Å²) in [6, 6.07) is 1.78. The summed E-state index contributed by atoms with van der Waals surface area (Å²) in [7, 11) is 0. The molecule has 0 aromatic carbocycles. The van der Waals surface area contributed by atoms with Crippen molar-refractivity contribution in [3.05, 3.63) is 22.4 Å². The minimum absolute atomic E-state index is 0.0729. The van der Waals surface area contributed by atoms with Gasteiger partial charge in [0.25, 0.3) is 5.91 Å². The van der Waals surface area contributed by atoms with Crippen LogP contribution < -0.4 is 0 Å². The number of likely N-dealkylation sites (tertiary alicyclic amines) is 1. The quantitative estimate of drug-likeness (QED) is 0.887. The molecule has 1 N–H and O–H groups in total. The molecule has 2 atom stereocenters. The number of carboxylic acids is 1. The van der Waals surface area contributed by atoms with Gasteiger partial charge in [-0.25, -0.2) is 0 Å². The number of thiophene rings is 1. The first-order chi connectivity index (χ1) is 9.13. The third-order valence-electron chi connectivity index (χ3n) is 4.19. The summed E-state index contributed by atoms with van der Waals surface area (Å²) < 4.78 is 5.38. The molecule has 0 bridgehead atoms. The van der Waals surface area contributed by atoms with Gasteiger partial charge in [-0.3, -0.25) is 9.59 Å². The summed E-state index contributed by atoms with van der Waals surface area (Å²) in [5.74, 6) is -0.973. The number of aliphatic carboxylic acids is 1. The van der Waals surface area contributed by atoms with Crippen molar-refractivity contribution in [1.82, 2.24) is 4.90 Å². The Morgan fingerprint density at radius 1 is 1.53 bits per heavy atom. The number of amides is 1. The zero-order valence-electron chi connectivity index (χ0n) is 10.4. The maximum Gasteiger partial charge on any atom is 0.311 e. The highest BCUT2D eigenvalue weighted by molar-refractivity contribution is 7.08. The van der Waals surface area contributed by atoms with Crippen molar-refractivity contribution in [3.8, 4) is 0 Å². The third kappa shape index (κ3) is 1.95. The van der Waals surface area contributed by atoms with Crippen molar-refractivity contribution in [2.45, 2.75) is 6.42 Å². The molecule has 1 aromatic rings. The number of ether oxygens (including phenoxy) is 1. The van der Waals surface area contributed by atoms with Gasteiger partial charge in [0, 0.05) is 31.0 Å². The summed E-state index contributed by atoms with van der Waals surface area (Å²) in [4.78, 5) is 25.6. The molecule has 0 aliphatic carbocycles. The fourth-order valence-electron chi connectivity index (χ4n) is 3.02. The molecular formula is C13H15NO4S. The van der Waals surface area contributed by atoms with Crippen LogP contribution in [0, 0.1) is 11.3 Å². The molecule has 1 amide bonds. The Hall–Kier alpha value is -1.40. The SMILES string of the molecule is O=C(c1ccsc1)N1C[C@H]2COCC[C@@]2(C(=O)O)C1. The van der Waals surface area contributed by atoms with Gasteiger partial charge in [0.15, 0.2) is 0 Å². The molecule has 0 saturated carbocycles. The smallest absolute Gasteiger partial charge is 0.311 e. The van der Waals surface area contributed by atoms with E-state index in [9.17, 15) is 14.7 Å². The average molecular weight is 281 g/mol. The van der Waals surface area contributed by atoms with E-state index >= 15 is 0 Å². The van der Waals surface area contributed by atoms with E-state index < -0.39 is 11.4 Å². The van der Waals surface area contributed by atoms with Crippen LogP contribution in [0.5, 0.6) is 0 Å². The van der Waals surface area contributed by atoms with Crippen LogP contribution in [0.1, 0.15) is 16.8 Å². The van der Waals surface area contributed by atoms with Crippen molar-refractivity contribution in [2.24, 2.45) is 11.3 Å². The molecule has 2 aliphatic heterocycles. The van der Waals surface area contributed by atoms with Crippen LogP contribution in [0.4, 0.5) is 0 Å². The molecule has 6 heteroatoms. The van der Waals surface area contributed by atoms with E-state index in [-0.39, 0.29) is 11.8 Å². The summed E-state index contributed by atoms with van der Waals surface area (Å²) in [5.41, 5.74) is -0.172. The molecule has 1 aromatic heterocycles. The molecule has 0 radical (unpaired) electrons. The van der Waals surface area contributed by atoms with Crippen LogP contribution in [-0.4, -0.2) is 48.2 Å². The Balaban J connectivity index is 1.84. The molecule has 2 aliphatic rings. The monoisotopic (exact) mass is 281 g/mol. The van der Waals surface area contributed by atoms with Gasteiger partial charge in [0.2, 0.25) is 0 Å². The molecular weight excluding hydrogens is 266 g/mol. The van der Waals surface area contributed by atoms with Crippen LogP contribution in [-0.2, 0) is 9.53 Å². The second-order valence-electron chi connectivity index (χ2n) is 5.18. The molecule has 0 unspecified atom stereocenters. The first-order valence-electron chi connectivity index (χ1n) is 6.26. The van der Waals surface area contributed by atoms with E-state index in [0.717, 1.165) is 0 Å². The third-order valence-corrected chi connectivity index (χ3v) is 4.87. The van der Waals surface area contributed by atoms with E-state index in [2.05, 4.69) is 0 Å². The first kappa shape index (κ1) is 12.6. The van der Waals surface area contributed by atoms with Gasteiger partial charge in [-0.1, -0.05) is 0 Å². The lowest BCUT2D eigenvalue weighted by molar-refractivity contribution is -0.157. The Kier molecular flexibility index (Phi) is 3.06. The molecule has 3 rings (SSSR count). The lowest BCUT2D eigenvalue weighted by atomic mass is 9.74. The minimum atomic E-state index is -0.816. The van der Waals surface area contributed by atoms with Gasteiger partial charge < -0.3 is 14.7 Å². The zero-order valence-corrected chi connectivity index (χ0v) is 11.2. The summed E-state index contributed by atoms with van der Waals surface area (Å²) >= 11 is 1.47. The molecule has 102 valence electrons. The second kappa shape index (κ2) is 4.61. The molecule has 3 heterocycles. The van der Waals surface area contributed by atoms with Crippen LogP contribution in [0.25, 0.3) is 0 Å². The normalized spacial score (nSPS) is 30.1. The lowest BCUT2D eigenvalue weighted by Crippen LogP contribution is -2.45. The predicted octanol–water partition coefficient (Wildman–Crippen LogP) is 1.31. The number of rotatable bonds is 2. The van der Waals surface area contributed by atoms with Crippen molar-refractivity contribution in [1.29, 1.82) is 0 Å². The number of carboxylic acid groups (broad SMARTS) is 1. The Labute approximate surface area is 114 Å². The van der Waals surface area contributed by atoms with Crippen LogP contribution >= 0.6 is 11.3 Å². The standard InChI is InChI=1S/C13H15NO4S/c15-11(9-1-4-19-7-9)14-5-10-6-18-3-2-13(10,8-14)12(16)17/h1,4,7,10H,2-3,5-6,8H2,(H,16,17)/t10-,13+/m0/s1. The highest BCUT2D eigenvalue weighted by atomic mass is 32.1. The average Bonchev–Trinajstić information content (AvgIpc) is 3.05. The van der Waals surface area contributed by atoms with E-state index in [4.69, 9.17) is 4.74 Å². The molecule has 19 heavy (non-hydrogen) atoms. The number of carbonyl (C=O) groups excluding carboxylic acids is 1. The number of carbonyl (C=O) groups is 2. The Bertz CT molecular complexity index is 501. The van der Waals surface area contributed by atoms with Gasteiger partial charge in [-0.2, -0.15) is 11.3 Å². The maximum atomic E-state index is 12.3. The van der Waals surface area contributed by atoms with E-state index in [0.29, 0.717) is 38.3 Å². The summed E-state index contributed by atoms with van der Waals surface area (Å²) in [6.45, 7) is 1.66. The van der Waals surface area contributed by atoms with Crippen molar-refractivity contribution in [3.63, 3.8) is 0 Å². The van der Waals surface area contributed by atoms with E-state index in [1.165, 1.54) is 11.3 Å². The molecule has 2 saturated heterocycles. The van der Waals surface area contributed by atoms with Crippen molar-refractivity contribution >= 4 is 23.2 Å². The Morgan fingerprint density at radius 3 is 3.00 bits per heavy atom. The fraction of sp³-hybridized carbons (Fsp3) is 0.538. The largest absolute Gasteiger partial charge is 0.481 e. The van der Waals surface area contributed by atoms with Crippen LogP contribution in [0.3, 0.4) is 0 Å². The fourth-order valence-corrected chi connectivity index (χ4v) is 3.65. The topological polar surface area (TPSA) is 66.8 Å². The molecule has 2 fully saturated rings. The highest BCUT2D eigenvalue weighted by Crippen LogP contribution is 2.42. The number of nitrogens with zero attached hydrogens (tertiary/aromatic N) is 1. The van der Waals surface area contributed by atoms with Crippen molar-refractivity contribution < 1.29 is 19.4 Å². The number of fused-ring (bicyclic) bond motifs is 1. The van der Waals surface area contributed by atoms with E-state index in [1.54, 1.807) is 16.3 Å². The van der Waals surface area contributed by atoms with E-state index in [1.807, 2.05) is 5.38 Å². The van der Waals surface area contributed by atoms with Crippen LogP contribution in [0.15, 0.2) is 16.8 Å². The lowest BCUT2D eigenvalue weighted by Gasteiger charge is -2.33. The molecule has 5 nitrogen and oxygen atoms in total. The maximum absolute atomic E-state index is 12.3. The van der Waals surface area contributed by atoms with Gasteiger partial charge in [0.05, 0.1) is 17.6 Å². The molecule has 0 spiro atoms. The zero-order chi connectivity index (χ0) is 13.5. The van der Waals surface area contributed by atoms with Crippen LogP contribution in [0.2, 0.25) is 0 Å². The number of hydrogen-bond donors (Lipinski definition) is 1. The second-order valence-corrected chi connectivity index (χ2v) is 5.96.